The molecule has 3 rings (SSSR count). The molecule has 7 nitrogen and oxygen atoms in total. The molecule has 1 saturated heterocycles. The van der Waals surface area contributed by atoms with Crippen LogP contribution in [0.4, 0.5) is 0 Å². The number of nitrogens with zero attached hydrogens (tertiary/aromatic N) is 3. The van der Waals surface area contributed by atoms with Gasteiger partial charge in [-0.3, -0.25) is 14.5 Å². The number of hydrogen-bond acceptors (Lipinski definition) is 5. The largest absolute Gasteiger partial charge is 0.438 e. The Morgan fingerprint density at radius 2 is 2.08 bits per heavy atom. The van der Waals surface area contributed by atoms with Gasteiger partial charge in [0.2, 0.25) is 11.7 Å². The summed E-state index contributed by atoms with van der Waals surface area (Å²) < 4.78 is 5.08. The Kier molecular flexibility index (Phi) is 4.90. The van der Waals surface area contributed by atoms with Gasteiger partial charge in [-0.05, 0) is 5.56 Å². The van der Waals surface area contributed by atoms with Crippen LogP contribution >= 0.6 is 0 Å². The first kappa shape index (κ1) is 16.2. The molecule has 0 unspecified atom stereocenters. The van der Waals surface area contributed by atoms with Crippen LogP contribution in [0.5, 0.6) is 0 Å². The SMILES string of the molecule is CNC(=O)[C@H]1CN(C(=O)c2cnco2)CCN1Cc1ccccc1. The summed E-state index contributed by atoms with van der Waals surface area (Å²) in [6.07, 6.45) is 2.63. The van der Waals surface area contributed by atoms with Crippen LogP contribution in [0.15, 0.2) is 47.3 Å². The number of likely N-dealkylation sites (N-methyl/N-ethyl adjacent to an activating group) is 1. The summed E-state index contributed by atoms with van der Waals surface area (Å²) in [4.78, 5) is 32.2. The van der Waals surface area contributed by atoms with Gasteiger partial charge >= 0.3 is 0 Å². The summed E-state index contributed by atoms with van der Waals surface area (Å²) in [5, 5.41) is 2.69. The summed E-state index contributed by atoms with van der Waals surface area (Å²) in [6, 6.07) is 9.60. The van der Waals surface area contributed by atoms with Crippen LogP contribution in [0.1, 0.15) is 16.1 Å². The number of aromatic nitrogens is 1. The maximum atomic E-state index is 12.4. The predicted molar refractivity (Wildman–Crippen MR) is 87.1 cm³/mol. The van der Waals surface area contributed by atoms with Crippen molar-refractivity contribution in [3.63, 3.8) is 0 Å². The molecule has 2 aromatic rings. The molecule has 1 aromatic carbocycles. The maximum absolute atomic E-state index is 12.4. The van der Waals surface area contributed by atoms with Crippen molar-refractivity contribution in [2.45, 2.75) is 12.6 Å². The summed E-state index contributed by atoms with van der Waals surface area (Å²) in [5.41, 5.74) is 1.14. The predicted octanol–water partition coefficient (Wildman–Crippen LogP) is 0.747. The maximum Gasteiger partial charge on any atom is 0.291 e. The highest BCUT2D eigenvalue weighted by Gasteiger charge is 2.34. The van der Waals surface area contributed by atoms with Gasteiger partial charge in [-0.2, -0.15) is 0 Å². The number of carbonyl (C=O) groups is 2. The first-order chi connectivity index (χ1) is 11.7. The van der Waals surface area contributed by atoms with Crippen LogP contribution in [0, 0.1) is 0 Å². The molecule has 0 radical (unpaired) electrons. The molecule has 1 atom stereocenters. The monoisotopic (exact) mass is 328 g/mol. The van der Waals surface area contributed by atoms with Crippen molar-refractivity contribution in [3.8, 4) is 0 Å². The lowest BCUT2D eigenvalue weighted by atomic mass is 10.1. The van der Waals surface area contributed by atoms with Crippen molar-refractivity contribution in [1.82, 2.24) is 20.1 Å². The Bertz CT molecular complexity index is 687. The molecule has 1 aliphatic rings. The Morgan fingerprint density at radius 3 is 2.75 bits per heavy atom. The molecule has 2 heterocycles. The normalized spacial score (nSPS) is 18.4. The fourth-order valence-electron chi connectivity index (χ4n) is 2.90. The van der Waals surface area contributed by atoms with Crippen molar-refractivity contribution in [2.24, 2.45) is 0 Å². The van der Waals surface area contributed by atoms with Gasteiger partial charge in [0.05, 0.1) is 6.20 Å². The number of hydrogen-bond donors (Lipinski definition) is 1. The third-order valence-electron chi connectivity index (χ3n) is 4.20. The number of rotatable bonds is 4. The Morgan fingerprint density at radius 1 is 1.29 bits per heavy atom. The van der Waals surface area contributed by atoms with E-state index in [2.05, 4.69) is 15.2 Å². The number of piperazine rings is 1. The van der Waals surface area contributed by atoms with E-state index in [1.54, 1.807) is 11.9 Å². The molecule has 1 fully saturated rings. The zero-order chi connectivity index (χ0) is 16.9. The minimum absolute atomic E-state index is 0.0963. The van der Waals surface area contributed by atoms with Crippen LogP contribution in [0.3, 0.4) is 0 Å². The van der Waals surface area contributed by atoms with Crippen LogP contribution < -0.4 is 5.32 Å². The number of oxazole rings is 1. The standard InChI is InChI=1S/C17H20N4O3/c1-18-16(22)14-11-21(17(23)15-9-19-12-24-15)8-7-20(14)10-13-5-3-2-4-6-13/h2-6,9,12,14H,7-8,10-11H2,1H3,(H,18,22)/t14-/m1/s1. The van der Waals surface area contributed by atoms with E-state index in [1.165, 1.54) is 12.6 Å². The van der Waals surface area contributed by atoms with E-state index >= 15 is 0 Å². The Hall–Kier alpha value is -2.67. The summed E-state index contributed by atoms with van der Waals surface area (Å²) in [7, 11) is 1.61. The van der Waals surface area contributed by atoms with E-state index < -0.39 is 6.04 Å². The zero-order valence-corrected chi connectivity index (χ0v) is 13.5. The first-order valence-electron chi connectivity index (χ1n) is 7.86. The molecule has 1 aliphatic heterocycles. The second kappa shape index (κ2) is 7.27. The van der Waals surface area contributed by atoms with Crippen LogP contribution in [0.2, 0.25) is 0 Å². The molecule has 0 spiro atoms. The van der Waals surface area contributed by atoms with Gasteiger partial charge in [-0.1, -0.05) is 30.3 Å². The zero-order valence-electron chi connectivity index (χ0n) is 13.5. The van der Waals surface area contributed by atoms with Crippen LogP contribution in [0.25, 0.3) is 0 Å². The van der Waals surface area contributed by atoms with Gasteiger partial charge < -0.3 is 14.6 Å². The number of benzene rings is 1. The molecule has 0 bridgehead atoms. The van der Waals surface area contributed by atoms with Gasteiger partial charge in [-0.25, -0.2) is 4.98 Å². The van der Waals surface area contributed by atoms with E-state index in [-0.39, 0.29) is 17.6 Å². The number of amides is 2. The summed E-state index contributed by atoms with van der Waals surface area (Å²) in [5.74, 6) is -0.135. The molecular formula is C17H20N4O3. The molecule has 1 N–H and O–H groups in total. The molecule has 24 heavy (non-hydrogen) atoms. The average Bonchev–Trinajstić information content (AvgIpc) is 3.16. The third kappa shape index (κ3) is 3.46. The van der Waals surface area contributed by atoms with Crippen molar-refractivity contribution < 1.29 is 14.0 Å². The van der Waals surface area contributed by atoms with E-state index in [9.17, 15) is 9.59 Å². The quantitative estimate of drug-likeness (QED) is 0.896. The summed E-state index contributed by atoms with van der Waals surface area (Å²) >= 11 is 0. The third-order valence-corrected chi connectivity index (χ3v) is 4.20. The number of nitrogens with one attached hydrogen (secondary N) is 1. The Balaban J connectivity index is 1.73. The van der Waals surface area contributed by atoms with E-state index in [4.69, 9.17) is 4.42 Å². The molecule has 7 heteroatoms. The molecule has 126 valence electrons. The Labute approximate surface area is 140 Å². The lowest BCUT2D eigenvalue weighted by Crippen LogP contribution is -2.59. The van der Waals surface area contributed by atoms with E-state index in [0.717, 1.165) is 5.56 Å². The van der Waals surface area contributed by atoms with Crippen LogP contribution in [-0.4, -0.2) is 59.3 Å². The fraction of sp³-hybridized carbons (Fsp3) is 0.353. The highest BCUT2D eigenvalue weighted by molar-refractivity contribution is 5.92. The summed E-state index contributed by atoms with van der Waals surface area (Å²) in [6.45, 7) is 2.15. The number of carbonyl (C=O) groups excluding carboxylic acids is 2. The van der Waals surface area contributed by atoms with Gasteiger partial charge in [0.25, 0.3) is 5.91 Å². The highest BCUT2D eigenvalue weighted by Crippen LogP contribution is 2.16. The van der Waals surface area contributed by atoms with E-state index in [1.807, 2.05) is 30.3 Å². The molecule has 2 amide bonds. The van der Waals surface area contributed by atoms with Crippen molar-refractivity contribution in [2.75, 3.05) is 26.7 Å². The van der Waals surface area contributed by atoms with Gasteiger partial charge in [0.15, 0.2) is 6.39 Å². The highest BCUT2D eigenvalue weighted by atomic mass is 16.3. The van der Waals surface area contributed by atoms with Gasteiger partial charge in [0, 0.05) is 33.2 Å². The second-order valence-corrected chi connectivity index (χ2v) is 5.70. The lowest BCUT2D eigenvalue weighted by Gasteiger charge is -2.40. The van der Waals surface area contributed by atoms with Gasteiger partial charge in [0.1, 0.15) is 6.04 Å². The van der Waals surface area contributed by atoms with Crippen molar-refractivity contribution in [3.05, 3.63) is 54.2 Å². The smallest absolute Gasteiger partial charge is 0.291 e. The fourth-order valence-corrected chi connectivity index (χ4v) is 2.90. The lowest BCUT2D eigenvalue weighted by molar-refractivity contribution is -0.128. The molecular weight excluding hydrogens is 308 g/mol. The molecule has 0 aliphatic carbocycles. The van der Waals surface area contributed by atoms with Crippen molar-refractivity contribution in [1.29, 1.82) is 0 Å². The topological polar surface area (TPSA) is 78.7 Å². The second-order valence-electron chi connectivity index (χ2n) is 5.70. The minimum Gasteiger partial charge on any atom is -0.438 e. The average molecular weight is 328 g/mol. The van der Waals surface area contributed by atoms with E-state index in [0.29, 0.717) is 26.2 Å². The van der Waals surface area contributed by atoms with Crippen molar-refractivity contribution >= 4 is 11.8 Å². The first-order valence-corrected chi connectivity index (χ1v) is 7.86. The van der Waals surface area contributed by atoms with Crippen LogP contribution in [-0.2, 0) is 11.3 Å². The van der Waals surface area contributed by atoms with Gasteiger partial charge in [-0.15, -0.1) is 0 Å². The molecule has 0 saturated carbocycles. The minimum atomic E-state index is -0.393. The molecule has 1 aromatic heterocycles.